The first-order valence-corrected chi connectivity index (χ1v) is 16.3. The van der Waals surface area contributed by atoms with Crippen molar-refractivity contribution in [3.8, 4) is 11.5 Å². The van der Waals surface area contributed by atoms with Crippen molar-refractivity contribution in [2.24, 2.45) is 0 Å². The number of aromatic nitrogens is 4. The van der Waals surface area contributed by atoms with Crippen LogP contribution in [0.2, 0.25) is 0 Å². The minimum absolute atomic E-state index is 0. The molecular weight excluding hydrogens is 1020 g/mol. The summed E-state index contributed by atoms with van der Waals surface area (Å²) in [6, 6.07) is 23.2. The number of rotatable bonds is 0. The summed E-state index contributed by atoms with van der Waals surface area (Å²) in [4.78, 5) is 25.4. The van der Waals surface area contributed by atoms with Crippen molar-refractivity contribution < 1.29 is 53.0 Å². The first-order chi connectivity index (χ1) is 21.9. The Kier molecular flexibility index (Phi) is 14.5. The van der Waals surface area contributed by atoms with Crippen molar-refractivity contribution in [2.45, 2.75) is 13.8 Å². The number of halogens is 4. The summed E-state index contributed by atoms with van der Waals surface area (Å²) in [5.41, 5.74) is 4.66. The third kappa shape index (κ3) is 9.91. The Morgan fingerprint density at radius 2 is 0.936 bits per heavy atom. The zero-order chi connectivity index (χ0) is 33.5. The van der Waals surface area contributed by atoms with Gasteiger partial charge in [0.15, 0.2) is 0 Å². The van der Waals surface area contributed by atoms with Gasteiger partial charge in [-0.1, -0.05) is 99.5 Å². The molecule has 15 heteroatoms. The Bertz CT molecular complexity index is 2070. The van der Waals surface area contributed by atoms with E-state index in [9.17, 15) is 10.2 Å². The molecule has 0 bridgehead atoms. The van der Waals surface area contributed by atoms with E-state index in [4.69, 9.17) is 15.3 Å². The Hall–Kier alpha value is -2.72. The van der Waals surface area contributed by atoms with Crippen LogP contribution in [0.25, 0.3) is 43.6 Å². The fourth-order valence-corrected chi connectivity index (χ4v) is 6.81. The third-order valence-corrected chi connectivity index (χ3v) is 8.79. The van der Waals surface area contributed by atoms with Gasteiger partial charge in [-0.3, -0.25) is 19.9 Å². The van der Waals surface area contributed by atoms with E-state index in [1.165, 1.54) is 0 Å². The fourth-order valence-electron chi connectivity index (χ4n) is 4.26. The van der Waals surface area contributed by atoms with Crippen molar-refractivity contribution in [3.63, 3.8) is 0 Å². The number of hydrogen-bond donors (Lipinski definition) is 0. The Labute approximate surface area is 331 Å². The summed E-state index contributed by atoms with van der Waals surface area (Å²) in [6.45, 7) is 3.74. The minimum Gasteiger partial charge on any atom is -0.870 e. The van der Waals surface area contributed by atoms with E-state index in [0.717, 1.165) is 52.9 Å². The standard InChI is InChI=1S/C12H8N2.2C10H7Br2NO.Ho.NO3/c1-3-9-5-6-10-4-2-8-14-12(10)11(9)13-7-1;2*1-5-2-3-6-7(11)4-8(12)10(14)9(6)13-5;;2-1(3)4/h1-8H;2*2-4,14H,1H3;;/q;;;+3;-1/p-2. The molecule has 0 aliphatic carbocycles. The van der Waals surface area contributed by atoms with Gasteiger partial charge in [-0.25, -0.2) is 0 Å². The Morgan fingerprint density at radius 1 is 0.574 bits per heavy atom. The zero-order valence-electron chi connectivity index (χ0n) is 24.2. The maximum atomic E-state index is 11.7. The summed E-state index contributed by atoms with van der Waals surface area (Å²) in [5.74, 6) is -0.126. The number of pyridine rings is 4. The van der Waals surface area contributed by atoms with Crippen LogP contribution in [0.3, 0.4) is 0 Å². The van der Waals surface area contributed by atoms with Gasteiger partial charge in [-0.05, 0) is 62.4 Å². The summed E-state index contributed by atoms with van der Waals surface area (Å²) in [7, 11) is 0. The van der Waals surface area contributed by atoms with E-state index in [1.807, 2.05) is 50.2 Å². The van der Waals surface area contributed by atoms with Gasteiger partial charge in [-0.15, -0.1) is 0 Å². The predicted molar refractivity (Wildman–Crippen MR) is 190 cm³/mol. The van der Waals surface area contributed by atoms with Crippen LogP contribution in [0.4, 0.5) is 0 Å². The van der Waals surface area contributed by atoms with Crippen LogP contribution in [0.5, 0.6) is 11.5 Å². The predicted octanol–water partition coefficient (Wildman–Crippen LogP) is 8.83. The third-order valence-electron chi connectivity index (χ3n) is 6.30. The van der Waals surface area contributed by atoms with Gasteiger partial charge in [0.1, 0.15) is 0 Å². The van der Waals surface area contributed by atoms with Crippen LogP contribution >= 0.6 is 63.7 Å². The summed E-state index contributed by atoms with van der Waals surface area (Å²) >= 11 is 13.2. The molecule has 0 amide bonds. The SMILES string of the molecule is Cc1ccc2c(Br)cc(Br)c([O-])c2n1.Cc1ccc2c(Br)cc(Br)c([O-])c2n1.O=[N+]([O-])[O-].[Ho+3].c1cnc2c(c1)ccc1cccnc12. The van der Waals surface area contributed by atoms with Gasteiger partial charge in [0, 0.05) is 63.2 Å². The monoisotopic (exact) mass is 1030 g/mol. The van der Waals surface area contributed by atoms with E-state index in [1.54, 1.807) is 24.5 Å². The molecule has 3 aromatic carbocycles. The summed E-state index contributed by atoms with van der Waals surface area (Å²) < 4.78 is 2.84. The van der Waals surface area contributed by atoms with E-state index in [-0.39, 0.29) is 49.2 Å². The first kappa shape index (κ1) is 38.7. The normalized spacial score (nSPS) is 10.2. The van der Waals surface area contributed by atoms with E-state index in [2.05, 4.69) is 108 Å². The number of aryl methyl sites for hydroxylation is 2. The second-order valence-electron chi connectivity index (χ2n) is 9.48. The van der Waals surface area contributed by atoms with Gasteiger partial charge >= 0.3 is 37.7 Å². The molecule has 10 nitrogen and oxygen atoms in total. The molecule has 0 aliphatic rings. The molecule has 7 aromatic rings. The minimum atomic E-state index is -1.75. The maximum Gasteiger partial charge on any atom is 3.00 e. The van der Waals surface area contributed by atoms with Gasteiger partial charge in [-0.2, -0.15) is 0 Å². The van der Waals surface area contributed by atoms with Crippen LogP contribution in [0.15, 0.2) is 103 Å². The average molecular weight is 1040 g/mol. The first-order valence-electron chi connectivity index (χ1n) is 13.1. The average Bonchev–Trinajstić information content (AvgIpc) is 3.03. The van der Waals surface area contributed by atoms with Crippen molar-refractivity contribution in [1.82, 2.24) is 19.9 Å². The van der Waals surface area contributed by atoms with Crippen molar-refractivity contribution in [3.05, 3.63) is 130 Å². The van der Waals surface area contributed by atoms with Crippen molar-refractivity contribution in [1.29, 1.82) is 0 Å². The van der Waals surface area contributed by atoms with Crippen LogP contribution in [0.1, 0.15) is 11.4 Å². The van der Waals surface area contributed by atoms with Gasteiger partial charge in [0.25, 0.3) is 0 Å². The molecule has 4 heterocycles. The summed E-state index contributed by atoms with van der Waals surface area (Å²) in [6.07, 6.45) is 3.60. The molecule has 0 saturated heterocycles. The van der Waals surface area contributed by atoms with E-state index >= 15 is 0 Å². The molecule has 0 N–H and O–H groups in total. The largest absolute Gasteiger partial charge is 3.00 e. The van der Waals surface area contributed by atoms with Crippen LogP contribution in [-0.4, -0.2) is 25.0 Å². The van der Waals surface area contributed by atoms with Crippen molar-refractivity contribution in [2.75, 3.05) is 0 Å². The molecule has 0 spiro atoms. The van der Waals surface area contributed by atoms with Gasteiger partial charge in [0.05, 0.1) is 27.2 Å². The Balaban J connectivity index is 0.000000179. The number of nitrogens with zero attached hydrogens (tertiary/aromatic N) is 5. The number of benzene rings is 3. The van der Waals surface area contributed by atoms with E-state index in [0.29, 0.717) is 20.0 Å². The second-order valence-corrected chi connectivity index (χ2v) is 12.9. The van der Waals surface area contributed by atoms with Gasteiger partial charge in [0.2, 0.25) is 0 Å². The molecule has 47 heavy (non-hydrogen) atoms. The fraction of sp³-hybridized carbons (Fsp3) is 0.0625. The van der Waals surface area contributed by atoms with Crippen molar-refractivity contribution >= 4 is 107 Å². The smallest absolute Gasteiger partial charge is 0.870 e. The molecule has 0 unspecified atom stereocenters. The van der Waals surface area contributed by atoms with Gasteiger partial charge < -0.3 is 25.5 Å². The Morgan fingerprint density at radius 3 is 1.30 bits per heavy atom. The molecule has 0 aliphatic heterocycles. The molecule has 0 atom stereocenters. The van der Waals surface area contributed by atoms with E-state index < -0.39 is 5.09 Å². The number of hydrogen-bond acceptors (Lipinski definition) is 9. The molecule has 4 aromatic heterocycles. The summed E-state index contributed by atoms with van der Waals surface area (Å²) in [5, 5.41) is 42.1. The van der Waals surface area contributed by atoms with Crippen LogP contribution < -0.4 is 10.2 Å². The molecule has 0 fully saturated rings. The van der Waals surface area contributed by atoms with Crippen LogP contribution in [-0.2, 0) is 0 Å². The molecule has 0 radical (unpaired) electrons. The quantitative estimate of drug-likeness (QED) is 0.0625. The maximum absolute atomic E-state index is 11.7. The molecule has 7 rings (SSSR count). The number of fused-ring (bicyclic) bond motifs is 5. The van der Waals surface area contributed by atoms with Crippen LogP contribution in [0, 0.1) is 66.9 Å². The molecule has 0 saturated carbocycles. The topological polar surface area (TPSA) is 164 Å². The molecular formula is C32H20Br4HoN5O5. The molecule has 242 valence electrons. The zero-order valence-corrected chi connectivity index (χ0v) is 32.5. The second kappa shape index (κ2) is 17.6.